The fourth-order valence-electron chi connectivity index (χ4n) is 2.53. The number of likely N-dealkylation sites (N-methyl/N-ethyl adjacent to an activating group) is 1. The smallest absolute Gasteiger partial charge is 0.0693 e. The van der Waals surface area contributed by atoms with Crippen LogP contribution in [0.2, 0.25) is 0 Å². The van der Waals surface area contributed by atoms with Crippen LogP contribution in [0.25, 0.3) is 0 Å². The van der Waals surface area contributed by atoms with Crippen molar-refractivity contribution in [3.05, 3.63) is 0 Å². The van der Waals surface area contributed by atoms with Crippen molar-refractivity contribution in [1.29, 1.82) is 0 Å². The van der Waals surface area contributed by atoms with Crippen LogP contribution in [-0.4, -0.2) is 24.3 Å². The molecular formula is C10H19NO. The normalized spacial score (nSPS) is 47.5. The lowest BCUT2D eigenvalue weighted by Crippen LogP contribution is -2.38. The van der Waals surface area contributed by atoms with Gasteiger partial charge in [0.15, 0.2) is 0 Å². The minimum absolute atomic E-state index is 0.100. The maximum Gasteiger partial charge on any atom is 0.0693 e. The summed E-state index contributed by atoms with van der Waals surface area (Å²) in [6, 6.07) is 0.353. The molecule has 2 heteroatoms. The van der Waals surface area contributed by atoms with Crippen molar-refractivity contribution in [1.82, 2.24) is 5.32 Å². The molecule has 0 aliphatic heterocycles. The van der Waals surface area contributed by atoms with Gasteiger partial charge in [0.25, 0.3) is 0 Å². The zero-order valence-electron chi connectivity index (χ0n) is 7.79. The largest absolute Gasteiger partial charge is 0.392 e. The van der Waals surface area contributed by atoms with Gasteiger partial charge in [-0.15, -0.1) is 0 Å². The summed E-state index contributed by atoms with van der Waals surface area (Å²) in [6.07, 6.45) is 6.09. The van der Waals surface area contributed by atoms with Crippen LogP contribution in [0.5, 0.6) is 0 Å². The first-order valence-electron chi connectivity index (χ1n) is 5.16. The van der Waals surface area contributed by atoms with Gasteiger partial charge in [-0.05, 0) is 51.0 Å². The van der Waals surface area contributed by atoms with Crippen molar-refractivity contribution in [2.24, 2.45) is 11.8 Å². The first kappa shape index (κ1) is 8.52. The van der Waals surface area contributed by atoms with Crippen LogP contribution in [0, 0.1) is 11.8 Å². The Labute approximate surface area is 74.4 Å². The third-order valence-corrected chi connectivity index (χ3v) is 3.59. The van der Waals surface area contributed by atoms with E-state index in [2.05, 4.69) is 5.32 Å². The fraction of sp³-hybridized carbons (Fsp3) is 1.00. The van der Waals surface area contributed by atoms with Crippen molar-refractivity contribution < 1.29 is 5.11 Å². The molecule has 2 aliphatic rings. The molecule has 0 aromatic carbocycles. The molecule has 4 atom stereocenters. The van der Waals surface area contributed by atoms with Gasteiger partial charge in [-0.1, -0.05) is 0 Å². The summed E-state index contributed by atoms with van der Waals surface area (Å²) in [5, 5.41) is 13.0. The number of aliphatic hydroxyl groups is 1. The van der Waals surface area contributed by atoms with Gasteiger partial charge >= 0.3 is 0 Å². The number of nitrogens with one attached hydrogen (secondary N) is 1. The third kappa shape index (κ3) is 1.64. The minimum atomic E-state index is -0.100. The fourth-order valence-corrected chi connectivity index (χ4v) is 2.53. The summed E-state index contributed by atoms with van der Waals surface area (Å²) < 4.78 is 0. The molecule has 0 saturated heterocycles. The zero-order chi connectivity index (χ0) is 8.55. The van der Waals surface area contributed by atoms with E-state index in [1.54, 1.807) is 0 Å². The number of fused-ring (bicyclic) bond motifs is 1. The van der Waals surface area contributed by atoms with Crippen molar-refractivity contribution in [2.45, 2.75) is 44.2 Å². The van der Waals surface area contributed by atoms with Crippen LogP contribution in [0.1, 0.15) is 32.1 Å². The molecule has 0 radical (unpaired) electrons. The lowest BCUT2D eigenvalue weighted by Gasteiger charge is -2.24. The van der Waals surface area contributed by atoms with Crippen molar-refractivity contribution >= 4 is 0 Å². The predicted octanol–water partition coefficient (Wildman–Crippen LogP) is 1.15. The SMILES string of the molecule is CNC1CCC2CC2CCC1O. The maximum atomic E-state index is 9.75. The molecule has 2 nitrogen and oxygen atoms in total. The number of hydrogen-bond donors (Lipinski definition) is 2. The van der Waals surface area contributed by atoms with E-state index in [1.165, 1.54) is 25.7 Å². The summed E-state index contributed by atoms with van der Waals surface area (Å²) in [7, 11) is 1.96. The lowest BCUT2D eigenvalue weighted by molar-refractivity contribution is 0.106. The monoisotopic (exact) mass is 169 g/mol. The van der Waals surface area contributed by atoms with Gasteiger partial charge in [0.1, 0.15) is 0 Å². The quantitative estimate of drug-likeness (QED) is 0.617. The van der Waals surface area contributed by atoms with E-state index >= 15 is 0 Å². The molecule has 2 aliphatic carbocycles. The average molecular weight is 169 g/mol. The van der Waals surface area contributed by atoms with E-state index in [0.29, 0.717) is 6.04 Å². The van der Waals surface area contributed by atoms with E-state index in [-0.39, 0.29) is 6.10 Å². The second-order valence-electron chi connectivity index (χ2n) is 4.37. The highest BCUT2D eigenvalue weighted by Crippen LogP contribution is 2.47. The van der Waals surface area contributed by atoms with Crippen molar-refractivity contribution in [2.75, 3.05) is 7.05 Å². The van der Waals surface area contributed by atoms with E-state index in [0.717, 1.165) is 18.3 Å². The summed E-state index contributed by atoms with van der Waals surface area (Å²) in [4.78, 5) is 0. The van der Waals surface area contributed by atoms with Gasteiger partial charge in [-0.25, -0.2) is 0 Å². The molecule has 0 bridgehead atoms. The molecule has 2 saturated carbocycles. The highest BCUT2D eigenvalue weighted by molar-refractivity contribution is 4.91. The van der Waals surface area contributed by atoms with Crippen LogP contribution in [0.3, 0.4) is 0 Å². The Bertz CT molecular complexity index is 160. The Hall–Kier alpha value is -0.0800. The first-order valence-corrected chi connectivity index (χ1v) is 5.16. The molecule has 0 aromatic rings. The summed E-state index contributed by atoms with van der Waals surface area (Å²) in [5.41, 5.74) is 0. The Balaban J connectivity index is 1.89. The first-order chi connectivity index (χ1) is 5.81. The Morgan fingerprint density at radius 1 is 1.08 bits per heavy atom. The van der Waals surface area contributed by atoms with E-state index in [9.17, 15) is 5.11 Å². The van der Waals surface area contributed by atoms with Crippen LogP contribution >= 0.6 is 0 Å². The molecule has 2 N–H and O–H groups in total. The Morgan fingerprint density at radius 2 is 1.75 bits per heavy atom. The Morgan fingerprint density at radius 3 is 2.42 bits per heavy atom. The molecule has 0 aromatic heterocycles. The van der Waals surface area contributed by atoms with Gasteiger partial charge < -0.3 is 10.4 Å². The van der Waals surface area contributed by atoms with Crippen molar-refractivity contribution in [3.8, 4) is 0 Å². The zero-order valence-corrected chi connectivity index (χ0v) is 7.79. The highest BCUT2D eigenvalue weighted by Gasteiger charge is 2.39. The number of hydrogen-bond acceptors (Lipinski definition) is 2. The molecule has 0 amide bonds. The van der Waals surface area contributed by atoms with E-state index in [4.69, 9.17) is 0 Å². The minimum Gasteiger partial charge on any atom is -0.392 e. The number of rotatable bonds is 1. The molecule has 0 heterocycles. The molecule has 0 spiro atoms. The topological polar surface area (TPSA) is 32.3 Å². The molecule has 2 fully saturated rings. The van der Waals surface area contributed by atoms with E-state index < -0.39 is 0 Å². The summed E-state index contributed by atoms with van der Waals surface area (Å²) >= 11 is 0. The third-order valence-electron chi connectivity index (χ3n) is 3.59. The standard InChI is InChI=1S/C10H19NO/c1-11-9-4-2-7-6-8(7)3-5-10(9)12/h7-12H,2-6H2,1H3. The second-order valence-corrected chi connectivity index (χ2v) is 4.37. The van der Waals surface area contributed by atoms with Crippen LogP contribution in [0.4, 0.5) is 0 Å². The molecule has 70 valence electrons. The molecule has 12 heavy (non-hydrogen) atoms. The van der Waals surface area contributed by atoms with Crippen molar-refractivity contribution in [3.63, 3.8) is 0 Å². The van der Waals surface area contributed by atoms with E-state index in [1.807, 2.05) is 7.05 Å². The predicted molar refractivity (Wildman–Crippen MR) is 48.9 cm³/mol. The van der Waals surface area contributed by atoms with Crippen LogP contribution < -0.4 is 5.32 Å². The van der Waals surface area contributed by atoms with Gasteiger partial charge in [0.2, 0.25) is 0 Å². The van der Waals surface area contributed by atoms with Gasteiger partial charge in [-0.2, -0.15) is 0 Å². The van der Waals surface area contributed by atoms with Gasteiger partial charge in [-0.3, -0.25) is 0 Å². The number of aliphatic hydroxyl groups excluding tert-OH is 1. The second kappa shape index (κ2) is 3.35. The van der Waals surface area contributed by atoms with Gasteiger partial charge in [0, 0.05) is 6.04 Å². The Kier molecular flexibility index (Phi) is 2.37. The van der Waals surface area contributed by atoms with Crippen LogP contribution in [-0.2, 0) is 0 Å². The van der Waals surface area contributed by atoms with Gasteiger partial charge in [0.05, 0.1) is 6.10 Å². The highest BCUT2D eigenvalue weighted by atomic mass is 16.3. The molecular weight excluding hydrogens is 150 g/mol. The lowest BCUT2D eigenvalue weighted by atomic mass is 9.94. The molecule has 2 rings (SSSR count). The summed E-state index contributed by atoms with van der Waals surface area (Å²) in [5.74, 6) is 1.98. The average Bonchev–Trinajstić information content (AvgIpc) is 2.78. The summed E-state index contributed by atoms with van der Waals surface area (Å²) in [6.45, 7) is 0. The molecule has 4 unspecified atom stereocenters. The van der Waals surface area contributed by atoms with Crippen LogP contribution in [0.15, 0.2) is 0 Å². The maximum absolute atomic E-state index is 9.75.